The molecule has 1 atom stereocenters. The zero-order chi connectivity index (χ0) is 14.1. The number of rotatable bonds is 6. The lowest BCUT2D eigenvalue weighted by molar-refractivity contribution is 0.217. The minimum absolute atomic E-state index is 0.186. The van der Waals surface area contributed by atoms with Crippen LogP contribution in [0.1, 0.15) is 32.8 Å². The van der Waals surface area contributed by atoms with E-state index in [0.29, 0.717) is 5.11 Å². The molecule has 0 aliphatic rings. The Morgan fingerprint density at radius 1 is 1.42 bits per heavy atom. The lowest BCUT2D eigenvalue weighted by Gasteiger charge is -2.14. The van der Waals surface area contributed by atoms with E-state index in [4.69, 9.17) is 17.0 Å². The predicted octanol–water partition coefficient (Wildman–Crippen LogP) is 2.68. The van der Waals surface area contributed by atoms with Crippen molar-refractivity contribution in [1.82, 2.24) is 10.7 Å². The molecular formula is C14H21N3OS. The Morgan fingerprint density at radius 2 is 2.16 bits per heavy atom. The average molecular weight is 279 g/mol. The maximum Gasteiger partial charge on any atom is 0.186 e. The van der Waals surface area contributed by atoms with Crippen molar-refractivity contribution in [3.8, 4) is 5.75 Å². The minimum atomic E-state index is 0.186. The van der Waals surface area contributed by atoms with Gasteiger partial charge in [-0.05, 0) is 44.6 Å². The van der Waals surface area contributed by atoms with E-state index in [1.807, 2.05) is 38.1 Å². The summed E-state index contributed by atoms with van der Waals surface area (Å²) in [6.07, 6.45) is 2.86. The summed E-state index contributed by atoms with van der Waals surface area (Å²) in [5, 5.41) is 7.57. The van der Waals surface area contributed by atoms with Crippen molar-refractivity contribution < 1.29 is 4.74 Å². The summed E-state index contributed by atoms with van der Waals surface area (Å²) < 4.78 is 5.83. The SMILES string of the molecule is CCNC(=S)N/N=C\c1ccccc1O[C@H](C)CC. The van der Waals surface area contributed by atoms with Crippen LogP contribution in [0.3, 0.4) is 0 Å². The Balaban J connectivity index is 2.67. The maximum absolute atomic E-state index is 5.83. The zero-order valence-corrected chi connectivity index (χ0v) is 12.5. The fourth-order valence-corrected chi connectivity index (χ4v) is 1.55. The number of hydrogen-bond acceptors (Lipinski definition) is 3. The predicted molar refractivity (Wildman–Crippen MR) is 83.8 cm³/mol. The van der Waals surface area contributed by atoms with Gasteiger partial charge in [-0.25, -0.2) is 0 Å². The molecule has 0 saturated carbocycles. The van der Waals surface area contributed by atoms with Crippen molar-refractivity contribution in [2.24, 2.45) is 5.10 Å². The molecule has 0 aromatic heterocycles. The third kappa shape index (κ3) is 5.70. The molecule has 104 valence electrons. The quantitative estimate of drug-likeness (QED) is 0.477. The first-order chi connectivity index (χ1) is 9.17. The third-order valence-electron chi connectivity index (χ3n) is 2.53. The molecule has 0 spiro atoms. The molecule has 5 heteroatoms. The molecule has 0 aliphatic heterocycles. The van der Waals surface area contributed by atoms with E-state index in [2.05, 4.69) is 22.8 Å². The summed E-state index contributed by atoms with van der Waals surface area (Å²) in [6, 6.07) is 7.80. The number of thiocarbonyl (C=S) groups is 1. The smallest absolute Gasteiger partial charge is 0.186 e. The molecule has 0 aliphatic carbocycles. The molecule has 0 amide bonds. The Morgan fingerprint density at radius 3 is 2.84 bits per heavy atom. The van der Waals surface area contributed by atoms with Crippen molar-refractivity contribution >= 4 is 23.5 Å². The highest BCUT2D eigenvalue weighted by Crippen LogP contribution is 2.18. The topological polar surface area (TPSA) is 45.7 Å². The van der Waals surface area contributed by atoms with Gasteiger partial charge in [0, 0.05) is 12.1 Å². The molecule has 19 heavy (non-hydrogen) atoms. The van der Waals surface area contributed by atoms with Gasteiger partial charge in [-0.2, -0.15) is 5.10 Å². The Kier molecular flexibility index (Phi) is 6.89. The zero-order valence-electron chi connectivity index (χ0n) is 11.6. The highest BCUT2D eigenvalue weighted by atomic mass is 32.1. The van der Waals surface area contributed by atoms with E-state index in [9.17, 15) is 0 Å². The van der Waals surface area contributed by atoms with Gasteiger partial charge in [-0.1, -0.05) is 19.1 Å². The molecule has 0 bridgehead atoms. The fraction of sp³-hybridized carbons (Fsp3) is 0.429. The van der Waals surface area contributed by atoms with Gasteiger partial charge < -0.3 is 10.1 Å². The number of para-hydroxylation sites is 1. The van der Waals surface area contributed by atoms with Gasteiger partial charge in [-0.15, -0.1) is 0 Å². The van der Waals surface area contributed by atoms with Gasteiger partial charge >= 0.3 is 0 Å². The molecule has 2 N–H and O–H groups in total. The number of nitrogens with zero attached hydrogens (tertiary/aromatic N) is 1. The summed E-state index contributed by atoms with van der Waals surface area (Å²) >= 11 is 5.02. The Hall–Kier alpha value is -1.62. The van der Waals surface area contributed by atoms with Crippen LogP contribution in [0, 0.1) is 0 Å². The molecule has 0 radical (unpaired) electrons. The molecule has 0 heterocycles. The minimum Gasteiger partial charge on any atom is -0.490 e. The summed E-state index contributed by atoms with van der Waals surface area (Å²) in [4.78, 5) is 0. The van der Waals surface area contributed by atoms with Gasteiger partial charge in [0.05, 0.1) is 12.3 Å². The van der Waals surface area contributed by atoms with Crippen LogP contribution in [0.5, 0.6) is 5.75 Å². The average Bonchev–Trinajstić information content (AvgIpc) is 2.41. The second kappa shape index (κ2) is 8.48. The largest absolute Gasteiger partial charge is 0.490 e. The second-order valence-corrected chi connectivity index (χ2v) is 4.51. The maximum atomic E-state index is 5.83. The van der Waals surface area contributed by atoms with E-state index in [0.717, 1.165) is 24.3 Å². The van der Waals surface area contributed by atoms with Crippen molar-refractivity contribution in [2.45, 2.75) is 33.3 Å². The normalized spacial score (nSPS) is 12.2. The van der Waals surface area contributed by atoms with Crippen LogP contribution in [-0.2, 0) is 0 Å². The molecule has 1 aromatic rings. The first kappa shape index (κ1) is 15.4. The molecule has 1 aromatic carbocycles. The summed E-state index contributed by atoms with van der Waals surface area (Å²) in [5.41, 5.74) is 3.69. The van der Waals surface area contributed by atoms with Crippen molar-refractivity contribution in [2.75, 3.05) is 6.54 Å². The first-order valence-corrected chi connectivity index (χ1v) is 6.90. The van der Waals surface area contributed by atoms with Crippen molar-refractivity contribution in [3.63, 3.8) is 0 Å². The monoisotopic (exact) mass is 279 g/mol. The Bertz CT molecular complexity index is 434. The number of ether oxygens (including phenoxy) is 1. The van der Waals surface area contributed by atoms with Crippen LogP contribution >= 0.6 is 12.2 Å². The van der Waals surface area contributed by atoms with Gasteiger partial charge in [0.2, 0.25) is 0 Å². The number of nitrogens with one attached hydrogen (secondary N) is 2. The highest BCUT2D eigenvalue weighted by molar-refractivity contribution is 7.80. The van der Waals surface area contributed by atoms with Crippen LogP contribution in [0.25, 0.3) is 0 Å². The summed E-state index contributed by atoms with van der Waals surface area (Å²) in [7, 11) is 0. The van der Waals surface area contributed by atoms with Crippen LogP contribution in [0.2, 0.25) is 0 Å². The van der Waals surface area contributed by atoms with Gasteiger partial charge in [-0.3, -0.25) is 5.43 Å². The summed E-state index contributed by atoms with van der Waals surface area (Å²) in [6.45, 7) is 6.90. The Labute approximate surface area is 120 Å². The number of hydrazone groups is 1. The lowest BCUT2D eigenvalue weighted by atomic mass is 10.2. The molecule has 0 fully saturated rings. The second-order valence-electron chi connectivity index (χ2n) is 4.10. The first-order valence-electron chi connectivity index (χ1n) is 6.50. The van der Waals surface area contributed by atoms with Crippen LogP contribution in [-0.4, -0.2) is 24.0 Å². The van der Waals surface area contributed by atoms with E-state index in [1.54, 1.807) is 6.21 Å². The van der Waals surface area contributed by atoms with E-state index >= 15 is 0 Å². The number of hydrogen-bond donors (Lipinski definition) is 2. The van der Waals surface area contributed by atoms with Crippen LogP contribution < -0.4 is 15.5 Å². The van der Waals surface area contributed by atoms with Crippen molar-refractivity contribution in [1.29, 1.82) is 0 Å². The molecule has 0 unspecified atom stereocenters. The summed E-state index contributed by atoms with van der Waals surface area (Å²) in [5.74, 6) is 0.830. The van der Waals surface area contributed by atoms with Gasteiger partial charge in [0.1, 0.15) is 5.75 Å². The van der Waals surface area contributed by atoms with E-state index < -0.39 is 0 Å². The molecule has 0 saturated heterocycles. The highest BCUT2D eigenvalue weighted by Gasteiger charge is 2.04. The van der Waals surface area contributed by atoms with Crippen LogP contribution in [0.4, 0.5) is 0 Å². The third-order valence-corrected chi connectivity index (χ3v) is 2.76. The lowest BCUT2D eigenvalue weighted by Crippen LogP contribution is -2.31. The fourth-order valence-electron chi connectivity index (χ4n) is 1.36. The number of benzene rings is 1. The van der Waals surface area contributed by atoms with Crippen molar-refractivity contribution in [3.05, 3.63) is 29.8 Å². The van der Waals surface area contributed by atoms with Gasteiger partial charge in [0.15, 0.2) is 5.11 Å². The van der Waals surface area contributed by atoms with E-state index in [-0.39, 0.29) is 6.10 Å². The van der Waals surface area contributed by atoms with E-state index in [1.165, 1.54) is 0 Å². The van der Waals surface area contributed by atoms with Crippen LogP contribution in [0.15, 0.2) is 29.4 Å². The molecule has 1 rings (SSSR count). The van der Waals surface area contributed by atoms with Gasteiger partial charge in [0.25, 0.3) is 0 Å². The molecule has 4 nitrogen and oxygen atoms in total. The standard InChI is InChI=1S/C14H21N3OS/c1-4-11(3)18-13-9-7-6-8-12(13)10-16-17-14(19)15-5-2/h6-11H,4-5H2,1-3H3,(H2,15,17,19)/b16-10-/t11-/m1/s1. The molecular weight excluding hydrogens is 258 g/mol.